The first-order valence-electron chi connectivity index (χ1n) is 9.90. The molecule has 0 aromatic heterocycles. The molecular weight excluding hydrogens is 396 g/mol. The Kier molecular flexibility index (Phi) is 9.07. The Labute approximate surface area is 177 Å². The van der Waals surface area contributed by atoms with E-state index in [0.29, 0.717) is 19.6 Å². The maximum absolute atomic E-state index is 6.87. The fourth-order valence-corrected chi connectivity index (χ4v) is 9.80. The molecule has 2 unspecified atom stereocenters. The summed E-state index contributed by atoms with van der Waals surface area (Å²) < 4.78 is 25.1. The maximum Gasteiger partial charge on any atom is 0.527 e. The van der Waals surface area contributed by atoms with Crippen LogP contribution < -0.4 is 10.4 Å². The second-order valence-electron chi connectivity index (χ2n) is 7.25. The summed E-state index contributed by atoms with van der Waals surface area (Å²) in [7, 11) is -5.50. The summed E-state index contributed by atoms with van der Waals surface area (Å²) >= 11 is 0. The lowest BCUT2D eigenvalue weighted by molar-refractivity contribution is 0.0927. The molecule has 0 N–H and O–H groups in total. The van der Waals surface area contributed by atoms with Gasteiger partial charge in [-0.1, -0.05) is 73.3 Å². The van der Waals surface area contributed by atoms with Gasteiger partial charge in [-0.3, -0.25) is 0 Å². The van der Waals surface area contributed by atoms with Crippen molar-refractivity contribution in [3.63, 3.8) is 0 Å². The average molecular weight is 429 g/mol. The molecule has 0 spiro atoms. The Morgan fingerprint density at radius 3 is 2.03 bits per heavy atom. The smallest absolute Gasteiger partial charge is 0.499 e. The highest BCUT2D eigenvalue weighted by Crippen LogP contribution is 2.19. The van der Waals surface area contributed by atoms with Crippen molar-refractivity contribution in [2.45, 2.75) is 32.5 Å². The first-order chi connectivity index (χ1) is 13.9. The monoisotopic (exact) mass is 428 g/mol. The number of rotatable bonds is 13. The molecule has 0 fully saturated rings. The minimum absolute atomic E-state index is 0.00811. The molecule has 2 rings (SSSR count). The van der Waals surface area contributed by atoms with Crippen molar-refractivity contribution < 1.29 is 17.7 Å². The van der Waals surface area contributed by atoms with E-state index in [-0.39, 0.29) is 6.10 Å². The zero-order valence-electron chi connectivity index (χ0n) is 17.7. The van der Waals surface area contributed by atoms with Gasteiger partial charge < -0.3 is 17.7 Å². The van der Waals surface area contributed by atoms with Gasteiger partial charge in [0.1, 0.15) is 0 Å². The second kappa shape index (κ2) is 11.3. The van der Waals surface area contributed by atoms with E-state index in [1.165, 1.54) is 11.4 Å². The van der Waals surface area contributed by atoms with Crippen LogP contribution in [0, 0.1) is 0 Å². The molecule has 2 atom stereocenters. The summed E-state index contributed by atoms with van der Waals surface area (Å²) in [5.41, 5.74) is 0. The molecule has 29 heavy (non-hydrogen) atoms. The van der Waals surface area contributed by atoms with Gasteiger partial charge in [0.15, 0.2) is 0 Å². The lowest BCUT2D eigenvalue weighted by Gasteiger charge is -2.37. The van der Waals surface area contributed by atoms with Crippen LogP contribution in [0.2, 0.25) is 13.1 Å². The molecule has 0 aliphatic heterocycles. The highest BCUT2D eigenvalue weighted by Gasteiger charge is 2.49. The van der Waals surface area contributed by atoms with Crippen LogP contribution in [0.15, 0.2) is 86.2 Å². The van der Waals surface area contributed by atoms with E-state index >= 15 is 0 Å². The van der Waals surface area contributed by atoms with Gasteiger partial charge in [-0.25, -0.2) is 0 Å². The second-order valence-corrected chi connectivity index (χ2v) is 13.9. The summed E-state index contributed by atoms with van der Waals surface area (Å²) in [4.78, 5) is 0. The molecule has 0 saturated heterocycles. The van der Waals surface area contributed by atoms with Gasteiger partial charge in [-0.15, -0.1) is 6.58 Å². The minimum Gasteiger partial charge on any atom is -0.499 e. The van der Waals surface area contributed by atoms with Gasteiger partial charge in [0.05, 0.1) is 19.0 Å². The Balaban J connectivity index is 2.35. The standard InChI is InChI=1S/C23H32O4Si2/c1-6-19-25-29(23-16-12-9-13-17-23,26-20-18-21(3)24-7-2)27-28(4,5)22-14-10-8-11-15-22/h6-17,21H,1-2,18-20H2,3-5H3. The summed E-state index contributed by atoms with van der Waals surface area (Å²) in [5.74, 6) is 0. The molecule has 156 valence electrons. The predicted octanol–water partition coefficient (Wildman–Crippen LogP) is 4.12. The Bertz CT molecular complexity index is 752. The van der Waals surface area contributed by atoms with Crippen molar-refractivity contribution in [2.75, 3.05) is 13.2 Å². The SMILES string of the molecule is C=CCO[Si](OCCC(C)OC=C)(O[Si](C)(C)c1ccccc1)c1ccccc1. The lowest BCUT2D eigenvalue weighted by atomic mass is 10.3. The molecule has 0 bridgehead atoms. The molecule has 0 aliphatic carbocycles. The molecular formula is C23H32O4Si2. The third-order valence-electron chi connectivity index (χ3n) is 4.52. The van der Waals surface area contributed by atoms with E-state index in [2.05, 4.69) is 38.4 Å². The number of hydrogen-bond acceptors (Lipinski definition) is 4. The summed E-state index contributed by atoms with van der Waals surface area (Å²) in [6.45, 7) is 14.6. The zero-order valence-corrected chi connectivity index (χ0v) is 19.7. The molecule has 0 aliphatic rings. The highest BCUT2D eigenvalue weighted by molar-refractivity contribution is 6.93. The zero-order chi connectivity index (χ0) is 21.2. The third-order valence-corrected chi connectivity index (χ3v) is 11.5. The van der Waals surface area contributed by atoms with Gasteiger partial charge in [-0.2, -0.15) is 0 Å². The van der Waals surface area contributed by atoms with E-state index in [0.717, 1.165) is 5.19 Å². The molecule has 2 aromatic carbocycles. The van der Waals surface area contributed by atoms with Crippen molar-refractivity contribution >= 4 is 27.5 Å². The van der Waals surface area contributed by atoms with Crippen molar-refractivity contribution in [1.82, 2.24) is 0 Å². The van der Waals surface area contributed by atoms with Crippen molar-refractivity contribution in [2.24, 2.45) is 0 Å². The fraction of sp³-hybridized carbons (Fsp3) is 0.304. The predicted molar refractivity (Wildman–Crippen MR) is 124 cm³/mol. The van der Waals surface area contributed by atoms with E-state index in [4.69, 9.17) is 17.7 Å². The fourth-order valence-electron chi connectivity index (χ4n) is 2.96. The maximum atomic E-state index is 6.87. The van der Waals surface area contributed by atoms with E-state index < -0.39 is 17.1 Å². The topological polar surface area (TPSA) is 36.9 Å². The Morgan fingerprint density at radius 2 is 1.48 bits per heavy atom. The van der Waals surface area contributed by atoms with Gasteiger partial charge >= 0.3 is 8.80 Å². The lowest BCUT2D eigenvalue weighted by Crippen LogP contribution is -2.64. The molecule has 6 heteroatoms. The molecule has 0 heterocycles. The van der Waals surface area contributed by atoms with Crippen LogP contribution in [0.4, 0.5) is 0 Å². The third kappa shape index (κ3) is 6.80. The van der Waals surface area contributed by atoms with Crippen LogP contribution in [-0.4, -0.2) is 36.4 Å². The number of hydrogen-bond donors (Lipinski definition) is 0. The van der Waals surface area contributed by atoms with E-state index in [1.54, 1.807) is 6.08 Å². The number of ether oxygens (including phenoxy) is 1. The molecule has 0 amide bonds. The Hall–Kier alpha value is -1.97. The van der Waals surface area contributed by atoms with E-state index in [1.807, 2.05) is 55.5 Å². The van der Waals surface area contributed by atoms with Crippen molar-refractivity contribution in [3.05, 3.63) is 86.2 Å². The summed E-state index contributed by atoms with van der Waals surface area (Å²) in [5, 5.41) is 2.15. The average Bonchev–Trinajstić information content (AvgIpc) is 2.73. The van der Waals surface area contributed by atoms with Crippen LogP contribution in [-0.2, 0) is 17.7 Å². The molecule has 2 aromatic rings. The van der Waals surface area contributed by atoms with Crippen LogP contribution in [0.1, 0.15) is 13.3 Å². The molecule has 4 nitrogen and oxygen atoms in total. The van der Waals surface area contributed by atoms with Gasteiger partial charge in [0.25, 0.3) is 0 Å². The van der Waals surface area contributed by atoms with Crippen LogP contribution >= 0.6 is 0 Å². The highest BCUT2D eigenvalue weighted by atomic mass is 28.5. The van der Waals surface area contributed by atoms with Crippen LogP contribution in [0.5, 0.6) is 0 Å². The largest absolute Gasteiger partial charge is 0.527 e. The Morgan fingerprint density at radius 1 is 0.897 bits per heavy atom. The number of benzene rings is 2. The minimum atomic E-state index is -3.19. The van der Waals surface area contributed by atoms with Crippen molar-refractivity contribution in [1.29, 1.82) is 0 Å². The van der Waals surface area contributed by atoms with Gasteiger partial charge in [-0.05, 0) is 25.2 Å². The van der Waals surface area contributed by atoms with Crippen LogP contribution in [0.25, 0.3) is 0 Å². The van der Waals surface area contributed by atoms with Crippen LogP contribution in [0.3, 0.4) is 0 Å². The van der Waals surface area contributed by atoms with Gasteiger partial charge in [0.2, 0.25) is 8.32 Å². The van der Waals surface area contributed by atoms with E-state index in [9.17, 15) is 0 Å². The first kappa shape index (κ1) is 23.3. The summed E-state index contributed by atoms with van der Waals surface area (Å²) in [6.07, 6.45) is 3.91. The van der Waals surface area contributed by atoms with Gasteiger partial charge in [0, 0.05) is 18.2 Å². The quantitative estimate of drug-likeness (QED) is 0.273. The summed E-state index contributed by atoms with van der Waals surface area (Å²) in [6, 6.07) is 20.3. The molecule has 0 radical (unpaired) electrons. The van der Waals surface area contributed by atoms with Crippen molar-refractivity contribution in [3.8, 4) is 0 Å². The molecule has 0 saturated carbocycles. The first-order valence-corrected chi connectivity index (χ1v) is 14.5. The normalized spacial score (nSPS) is 14.6.